The van der Waals surface area contributed by atoms with E-state index < -0.39 is 6.17 Å². The molecule has 64 valence electrons. The Kier molecular flexibility index (Phi) is 3.00. The van der Waals surface area contributed by atoms with Crippen LogP contribution in [0, 0.1) is 5.92 Å². The van der Waals surface area contributed by atoms with Crippen LogP contribution in [0.4, 0.5) is 4.39 Å². The van der Waals surface area contributed by atoms with Gasteiger partial charge in [-0.1, -0.05) is 0 Å². The SMILES string of the molecule is CN1CCC(CC(F)C=O)C1. The first-order chi connectivity index (χ1) is 5.22. The molecule has 0 amide bonds. The van der Waals surface area contributed by atoms with Crippen LogP contribution in [-0.4, -0.2) is 37.5 Å². The zero-order chi connectivity index (χ0) is 8.27. The molecule has 0 N–H and O–H groups in total. The molecule has 11 heavy (non-hydrogen) atoms. The lowest BCUT2D eigenvalue weighted by Gasteiger charge is -2.09. The van der Waals surface area contributed by atoms with Gasteiger partial charge in [0.05, 0.1) is 0 Å². The monoisotopic (exact) mass is 159 g/mol. The number of halogens is 1. The van der Waals surface area contributed by atoms with Crippen LogP contribution in [0.15, 0.2) is 0 Å². The van der Waals surface area contributed by atoms with Crippen molar-refractivity contribution in [3.8, 4) is 0 Å². The topological polar surface area (TPSA) is 20.3 Å². The maximum atomic E-state index is 12.5. The standard InChI is InChI=1S/C8H14FNO/c1-10-3-2-7(5-10)4-8(9)6-11/h6-8H,2-5H2,1H3. The summed E-state index contributed by atoms with van der Waals surface area (Å²) in [5.41, 5.74) is 0. The summed E-state index contributed by atoms with van der Waals surface area (Å²) < 4.78 is 12.5. The van der Waals surface area contributed by atoms with E-state index in [2.05, 4.69) is 4.90 Å². The number of nitrogens with zero attached hydrogens (tertiary/aromatic N) is 1. The maximum Gasteiger partial charge on any atom is 0.155 e. The molecule has 1 saturated heterocycles. The second-order valence-corrected chi connectivity index (χ2v) is 3.30. The molecule has 0 aromatic rings. The first kappa shape index (κ1) is 8.65. The Morgan fingerprint density at radius 1 is 1.82 bits per heavy atom. The molecular weight excluding hydrogens is 145 g/mol. The molecule has 1 aliphatic heterocycles. The summed E-state index contributed by atoms with van der Waals surface area (Å²) >= 11 is 0. The van der Waals surface area contributed by atoms with Gasteiger partial charge in [-0.25, -0.2) is 4.39 Å². The number of likely N-dealkylation sites (tertiary alicyclic amines) is 1. The van der Waals surface area contributed by atoms with Crippen molar-refractivity contribution in [2.75, 3.05) is 20.1 Å². The molecule has 3 heteroatoms. The summed E-state index contributed by atoms with van der Waals surface area (Å²) in [6.07, 6.45) is 0.600. The quantitative estimate of drug-likeness (QED) is 0.569. The van der Waals surface area contributed by atoms with E-state index in [1.165, 1.54) is 0 Å². The zero-order valence-corrected chi connectivity index (χ0v) is 6.79. The Morgan fingerprint density at radius 3 is 3.00 bits per heavy atom. The van der Waals surface area contributed by atoms with Gasteiger partial charge in [-0.3, -0.25) is 0 Å². The van der Waals surface area contributed by atoms with Crippen LogP contribution in [0.1, 0.15) is 12.8 Å². The highest BCUT2D eigenvalue weighted by molar-refractivity contribution is 5.55. The van der Waals surface area contributed by atoms with Crippen LogP contribution in [0.5, 0.6) is 0 Å². The molecule has 0 aromatic heterocycles. The normalized spacial score (nSPS) is 28.7. The molecule has 2 unspecified atom stereocenters. The summed E-state index contributed by atoms with van der Waals surface area (Å²) in [7, 11) is 2.02. The van der Waals surface area contributed by atoms with E-state index in [1.54, 1.807) is 0 Å². The van der Waals surface area contributed by atoms with Crippen LogP contribution in [0.25, 0.3) is 0 Å². The fourth-order valence-corrected chi connectivity index (χ4v) is 1.59. The average Bonchev–Trinajstić information content (AvgIpc) is 2.35. The maximum absolute atomic E-state index is 12.5. The Balaban J connectivity index is 2.22. The lowest BCUT2D eigenvalue weighted by Crippen LogP contribution is -2.16. The van der Waals surface area contributed by atoms with E-state index in [-0.39, 0.29) is 0 Å². The number of rotatable bonds is 3. The molecule has 0 bridgehead atoms. The Bertz CT molecular complexity index is 140. The number of hydrogen-bond donors (Lipinski definition) is 0. The van der Waals surface area contributed by atoms with Crippen molar-refractivity contribution < 1.29 is 9.18 Å². The molecule has 0 radical (unpaired) electrons. The summed E-state index contributed by atoms with van der Waals surface area (Å²) in [6.45, 7) is 1.98. The van der Waals surface area contributed by atoms with Crippen molar-refractivity contribution in [3.63, 3.8) is 0 Å². The fraction of sp³-hybridized carbons (Fsp3) is 0.875. The predicted molar refractivity (Wildman–Crippen MR) is 41.2 cm³/mol. The molecule has 1 rings (SSSR count). The molecule has 0 aromatic carbocycles. The molecule has 0 aliphatic carbocycles. The van der Waals surface area contributed by atoms with E-state index in [1.807, 2.05) is 7.05 Å². The van der Waals surface area contributed by atoms with Gasteiger partial charge in [0.25, 0.3) is 0 Å². The third-order valence-corrected chi connectivity index (χ3v) is 2.20. The molecule has 1 heterocycles. The number of hydrogen-bond acceptors (Lipinski definition) is 2. The molecule has 1 aliphatic rings. The highest BCUT2D eigenvalue weighted by Crippen LogP contribution is 2.19. The van der Waals surface area contributed by atoms with E-state index in [0.29, 0.717) is 18.6 Å². The van der Waals surface area contributed by atoms with Gasteiger partial charge in [0.1, 0.15) is 0 Å². The Morgan fingerprint density at radius 2 is 2.55 bits per heavy atom. The van der Waals surface area contributed by atoms with Crippen LogP contribution < -0.4 is 0 Å². The van der Waals surface area contributed by atoms with Crippen molar-refractivity contribution in [1.29, 1.82) is 0 Å². The molecule has 0 spiro atoms. The Labute approximate surface area is 66.4 Å². The summed E-state index contributed by atoms with van der Waals surface area (Å²) in [5, 5.41) is 0. The first-order valence-electron chi connectivity index (χ1n) is 4.00. The zero-order valence-electron chi connectivity index (χ0n) is 6.79. The van der Waals surface area contributed by atoms with E-state index in [4.69, 9.17) is 0 Å². The third kappa shape index (κ3) is 2.58. The summed E-state index contributed by atoms with van der Waals surface area (Å²) in [4.78, 5) is 12.2. The van der Waals surface area contributed by atoms with Crippen molar-refractivity contribution in [2.24, 2.45) is 5.92 Å². The van der Waals surface area contributed by atoms with E-state index >= 15 is 0 Å². The second kappa shape index (κ2) is 3.81. The van der Waals surface area contributed by atoms with Gasteiger partial charge in [0, 0.05) is 6.54 Å². The van der Waals surface area contributed by atoms with Gasteiger partial charge >= 0.3 is 0 Å². The van der Waals surface area contributed by atoms with Crippen molar-refractivity contribution >= 4 is 6.29 Å². The van der Waals surface area contributed by atoms with Crippen LogP contribution in [0.3, 0.4) is 0 Å². The predicted octanol–water partition coefficient (Wildman–Crippen LogP) is 0.865. The van der Waals surface area contributed by atoms with Crippen molar-refractivity contribution in [1.82, 2.24) is 4.90 Å². The largest absolute Gasteiger partial charge is 0.306 e. The van der Waals surface area contributed by atoms with Crippen molar-refractivity contribution in [2.45, 2.75) is 19.0 Å². The lowest BCUT2D eigenvalue weighted by atomic mass is 10.0. The van der Waals surface area contributed by atoms with E-state index in [0.717, 1.165) is 19.5 Å². The number of alkyl halides is 1. The van der Waals surface area contributed by atoms with Crippen LogP contribution in [0.2, 0.25) is 0 Å². The smallest absolute Gasteiger partial charge is 0.155 e. The van der Waals surface area contributed by atoms with E-state index in [9.17, 15) is 9.18 Å². The highest BCUT2D eigenvalue weighted by Gasteiger charge is 2.22. The molecule has 0 saturated carbocycles. The minimum absolute atomic E-state index is 0.389. The third-order valence-electron chi connectivity index (χ3n) is 2.20. The van der Waals surface area contributed by atoms with Gasteiger partial charge in [-0.15, -0.1) is 0 Å². The van der Waals surface area contributed by atoms with Gasteiger partial charge < -0.3 is 9.69 Å². The summed E-state index contributed by atoms with van der Waals surface area (Å²) in [5.74, 6) is 0.389. The number of aldehydes is 1. The minimum Gasteiger partial charge on any atom is -0.306 e. The van der Waals surface area contributed by atoms with Gasteiger partial charge in [-0.05, 0) is 32.4 Å². The Hall–Kier alpha value is -0.440. The second-order valence-electron chi connectivity index (χ2n) is 3.30. The van der Waals surface area contributed by atoms with Gasteiger partial charge in [0.15, 0.2) is 12.5 Å². The number of carbonyl (C=O) groups is 1. The highest BCUT2D eigenvalue weighted by atomic mass is 19.1. The molecule has 1 fully saturated rings. The fourth-order valence-electron chi connectivity index (χ4n) is 1.59. The van der Waals surface area contributed by atoms with Crippen molar-refractivity contribution in [3.05, 3.63) is 0 Å². The van der Waals surface area contributed by atoms with Crippen LogP contribution in [-0.2, 0) is 4.79 Å². The average molecular weight is 159 g/mol. The minimum atomic E-state index is -1.24. The van der Waals surface area contributed by atoms with Crippen LogP contribution >= 0.6 is 0 Å². The number of carbonyl (C=O) groups excluding carboxylic acids is 1. The van der Waals surface area contributed by atoms with Gasteiger partial charge in [0.2, 0.25) is 0 Å². The lowest BCUT2D eigenvalue weighted by molar-refractivity contribution is -0.112. The first-order valence-corrected chi connectivity index (χ1v) is 4.00. The molecule has 2 atom stereocenters. The molecule has 2 nitrogen and oxygen atoms in total. The molecular formula is C8H14FNO. The summed E-state index contributed by atoms with van der Waals surface area (Å²) in [6, 6.07) is 0. The van der Waals surface area contributed by atoms with Gasteiger partial charge in [-0.2, -0.15) is 0 Å².